The van der Waals surface area contributed by atoms with E-state index in [4.69, 9.17) is 4.42 Å². The topological polar surface area (TPSA) is 71.3 Å². The molecule has 0 radical (unpaired) electrons. The summed E-state index contributed by atoms with van der Waals surface area (Å²) in [7, 11) is -3.51. The molecule has 1 aromatic rings. The minimum absolute atomic E-state index is 0.142. The summed E-state index contributed by atoms with van der Waals surface area (Å²) in [4.78, 5) is 0.273. The standard InChI is InChI=1S/C12H22N2O3S/c1-6-13-7-11-9(4)17-10(5)12(11)18(15,16)14-8(2)3/h8,13-14H,6-7H2,1-5H3. The smallest absolute Gasteiger partial charge is 0.244 e. The van der Waals surface area contributed by atoms with E-state index in [-0.39, 0.29) is 10.9 Å². The van der Waals surface area contributed by atoms with Crippen molar-refractivity contribution in [3.05, 3.63) is 17.1 Å². The van der Waals surface area contributed by atoms with Gasteiger partial charge in [0.1, 0.15) is 16.4 Å². The van der Waals surface area contributed by atoms with Crippen LogP contribution in [-0.4, -0.2) is 21.0 Å². The molecule has 0 bridgehead atoms. The Balaban J connectivity index is 3.22. The van der Waals surface area contributed by atoms with Crippen LogP contribution in [0.2, 0.25) is 0 Å². The van der Waals surface area contributed by atoms with Gasteiger partial charge in [0.05, 0.1) is 0 Å². The van der Waals surface area contributed by atoms with E-state index >= 15 is 0 Å². The number of hydrogen-bond donors (Lipinski definition) is 2. The summed E-state index contributed by atoms with van der Waals surface area (Å²) in [5.74, 6) is 1.09. The van der Waals surface area contributed by atoms with Crippen LogP contribution in [0.25, 0.3) is 0 Å². The lowest BCUT2D eigenvalue weighted by molar-refractivity contribution is 0.492. The largest absolute Gasteiger partial charge is 0.465 e. The summed E-state index contributed by atoms with van der Waals surface area (Å²) in [6.45, 7) is 10.3. The molecule has 1 heterocycles. The van der Waals surface area contributed by atoms with Gasteiger partial charge in [-0.2, -0.15) is 0 Å². The maximum absolute atomic E-state index is 12.3. The third kappa shape index (κ3) is 3.34. The molecule has 0 spiro atoms. The van der Waals surface area contributed by atoms with Crippen LogP contribution in [0.4, 0.5) is 0 Å². The molecule has 0 fully saturated rings. The molecule has 0 unspecified atom stereocenters. The lowest BCUT2D eigenvalue weighted by atomic mass is 10.2. The lowest BCUT2D eigenvalue weighted by Gasteiger charge is -2.11. The Bertz CT molecular complexity index is 504. The monoisotopic (exact) mass is 274 g/mol. The Morgan fingerprint density at radius 1 is 1.22 bits per heavy atom. The van der Waals surface area contributed by atoms with Gasteiger partial charge in [-0.25, -0.2) is 13.1 Å². The molecule has 0 amide bonds. The first-order valence-corrected chi connectivity index (χ1v) is 7.59. The first-order valence-electron chi connectivity index (χ1n) is 6.11. The summed E-state index contributed by atoms with van der Waals surface area (Å²) >= 11 is 0. The van der Waals surface area contributed by atoms with Crippen molar-refractivity contribution in [2.24, 2.45) is 0 Å². The second-order valence-electron chi connectivity index (χ2n) is 4.58. The number of nitrogens with one attached hydrogen (secondary N) is 2. The van der Waals surface area contributed by atoms with Gasteiger partial charge in [-0.1, -0.05) is 6.92 Å². The number of rotatable bonds is 6. The molecule has 6 heteroatoms. The number of aryl methyl sites for hydroxylation is 2. The molecule has 0 aliphatic heterocycles. The fourth-order valence-corrected chi connectivity index (χ4v) is 3.58. The molecule has 2 N–H and O–H groups in total. The van der Waals surface area contributed by atoms with E-state index in [2.05, 4.69) is 10.0 Å². The molecule has 5 nitrogen and oxygen atoms in total. The maximum atomic E-state index is 12.3. The molecular formula is C12H22N2O3S. The van der Waals surface area contributed by atoms with Crippen LogP contribution in [-0.2, 0) is 16.6 Å². The van der Waals surface area contributed by atoms with Crippen LogP contribution in [0.15, 0.2) is 9.31 Å². The Labute approximate surface area is 109 Å². The highest BCUT2D eigenvalue weighted by Crippen LogP contribution is 2.26. The first kappa shape index (κ1) is 15.2. The molecule has 104 valence electrons. The fraction of sp³-hybridized carbons (Fsp3) is 0.667. The average Bonchev–Trinajstić information content (AvgIpc) is 2.48. The summed E-state index contributed by atoms with van der Waals surface area (Å²) < 4.78 is 32.6. The molecule has 1 rings (SSSR count). The number of furan rings is 1. The molecule has 1 aromatic heterocycles. The van der Waals surface area contributed by atoms with Crippen LogP contribution in [0, 0.1) is 13.8 Å². The SMILES string of the molecule is CCNCc1c(C)oc(C)c1S(=O)(=O)NC(C)C. The third-order valence-corrected chi connectivity index (χ3v) is 4.39. The van der Waals surface area contributed by atoms with Crippen molar-refractivity contribution in [1.82, 2.24) is 10.0 Å². The maximum Gasteiger partial charge on any atom is 0.244 e. The van der Waals surface area contributed by atoms with E-state index < -0.39 is 10.0 Å². The van der Waals surface area contributed by atoms with Crippen molar-refractivity contribution >= 4 is 10.0 Å². The average molecular weight is 274 g/mol. The van der Waals surface area contributed by atoms with Crippen LogP contribution < -0.4 is 10.0 Å². The molecular weight excluding hydrogens is 252 g/mol. The third-order valence-electron chi connectivity index (χ3n) is 2.54. The van der Waals surface area contributed by atoms with Gasteiger partial charge < -0.3 is 9.73 Å². The van der Waals surface area contributed by atoms with Gasteiger partial charge in [0.15, 0.2) is 0 Å². The number of sulfonamides is 1. The van der Waals surface area contributed by atoms with Crippen LogP contribution in [0.3, 0.4) is 0 Å². The van der Waals surface area contributed by atoms with E-state index in [0.29, 0.717) is 23.6 Å². The molecule has 0 atom stereocenters. The molecule has 0 aliphatic carbocycles. The summed E-state index contributed by atoms with van der Waals surface area (Å²) in [6.07, 6.45) is 0. The Kier molecular flexibility index (Phi) is 4.95. The van der Waals surface area contributed by atoms with Crippen molar-refractivity contribution in [3.8, 4) is 0 Å². The van der Waals surface area contributed by atoms with Crippen molar-refractivity contribution in [2.75, 3.05) is 6.54 Å². The second-order valence-corrected chi connectivity index (χ2v) is 6.23. The highest BCUT2D eigenvalue weighted by molar-refractivity contribution is 7.89. The van der Waals surface area contributed by atoms with Gasteiger partial charge in [0, 0.05) is 18.2 Å². The summed E-state index contributed by atoms with van der Waals surface area (Å²) in [5.41, 5.74) is 0.711. The number of hydrogen-bond acceptors (Lipinski definition) is 4. The fourth-order valence-electron chi connectivity index (χ4n) is 1.89. The van der Waals surface area contributed by atoms with Gasteiger partial charge in [-0.05, 0) is 34.2 Å². The van der Waals surface area contributed by atoms with Crippen LogP contribution in [0.5, 0.6) is 0 Å². The lowest BCUT2D eigenvalue weighted by Crippen LogP contribution is -2.31. The summed E-state index contributed by atoms with van der Waals surface area (Å²) in [6, 6.07) is -0.142. The van der Waals surface area contributed by atoms with Crippen LogP contribution in [0.1, 0.15) is 37.9 Å². The zero-order chi connectivity index (χ0) is 13.9. The molecule has 0 aromatic carbocycles. The highest BCUT2D eigenvalue weighted by Gasteiger charge is 2.26. The predicted octanol–water partition coefficient (Wildman–Crippen LogP) is 1.69. The molecule has 0 saturated heterocycles. The van der Waals surface area contributed by atoms with E-state index in [9.17, 15) is 8.42 Å². The predicted molar refractivity (Wildman–Crippen MR) is 71.0 cm³/mol. The molecule has 0 saturated carbocycles. The highest BCUT2D eigenvalue weighted by atomic mass is 32.2. The minimum atomic E-state index is -3.51. The summed E-state index contributed by atoms with van der Waals surface area (Å²) in [5, 5.41) is 3.13. The van der Waals surface area contributed by atoms with E-state index in [1.54, 1.807) is 27.7 Å². The molecule has 0 aliphatic rings. The van der Waals surface area contributed by atoms with E-state index in [1.165, 1.54) is 0 Å². The van der Waals surface area contributed by atoms with Gasteiger partial charge in [-0.3, -0.25) is 0 Å². The Morgan fingerprint density at radius 2 is 1.83 bits per heavy atom. The normalized spacial score (nSPS) is 12.3. The molecule has 18 heavy (non-hydrogen) atoms. The Hall–Kier alpha value is -0.850. The van der Waals surface area contributed by atoms with E-state index in [1.807, 2.05) is 6.92 Å². The quantitative estimate of drug-likeness (QED) is 0.828. The van der Waals surface area contributed by atoms with Crippen molar-refractivity contribution in [2.45, 2.75) is 52.1 Å². The van der Waals surface area contributed by atoms with Gasteiger partial charge in [0.25, 0.3) is 0 Å². The van der Waals surface area contributed by atoms with Gasteiger partial charge in [0.2, 0.25) is 10.0 Å². The second kappa shape index (κ2) is 5.86. The zero-order valence-corrected chi connectivity index (χ0v) is 12.4. The van der Waals surface area contributed by atoms with Gasteiger partial charge in [-0.15, -0.1) is 0 Å². The van der Waals surface area contributed by atoms with Crippen molar-refractivity contribution < 1.29 is 12.8 Å². The van der Waals surface area contributed by atoms with Gasteiger partial charge >= 0.3 is 0 Å². The minimum Gasteiger partial charge on any atom is -0.465 e. The Morgan fingerprint density at radius 3 is 2.33 bits per heavy atom. The van der Waals surface area contributed by atoms with Crippen LogP contribution >= 0.6 is 0 Å². The van der Waals surface area contributed by atoms with Crippen molar-refractivity contribution in [3.63, 3.8) is 0 Å². The zero-order valence-electron chi connectivity index (χ0n) is 11.6. The first-order chi connectivity index (χ1) is 8.29. The van der Waals surface area contributed by atoms with Crippen molar-refractivity contribution in [1.29, 1.82) is 0 Å². The van der Waals surface area contributed by atoms with E-state index in [0.717, 1.165) is 6.54 Å².